The fourth-order valence-electron chi connectivity index (χ4n) is 2.31. The second-order valence-corrected chi connectivity index (χ2v) is 7.70. The normalized spacial score (nSPS) is 13.5. The van der Waals surface area contributed by atoms with E-state index in [-0.39, 0.29) is 5.69 Å². The summed E-state index contributed by atoms with van der Waals surface area (Å²) in [6.45, 7) is 0. The van der Waals surface area contributed by atoms with Crippen LogP contribution in [-0.4, -0.2) is 31.9 Å². The molecule has 0 bridgehead atoms. The number of amides is 1. The molecule has 5 nitrogen and oxygen atoms in total. The van der Waals surface area contributed by atoms with Gasteiger partial charge in [-0.3, -0.25) is 4.79 Å². The Labute approximate surface area is 149 Å². The number of nitrogens with zero attached hydrogens (tertiary/aromatic N) is 1. The molecule has 0 radical (unpaired) electrons. The van der Waals surface area contributed by atoms with E-state index >= 15 is 0 Å². The number of rotatable bonds is 5. The molecule has 1 amide bonds. The van der Waals surface area contributed by atoms with Gasteiger partial charge in [-0.2, -0.15) is 17.5 Å². The van der Waals surface area contributed by atoms with E-state index in [1.807, 2.05) is 0 Å². The van der Waals surface area contributed by atoms with Crippen molar-refractivity contribution >= 4 is 21.6 Å². The lowest BCUT2D eigenvalue weighted by molar-refractivity contribution is -0.137. The van der Waals surface area contributed by atoms with Crippen LogP contribution in [0.2, 0.25) is 0 Å². The molecule has 1 unspecified atom stereocenters. The van der Waals surface area contributed by atoms with Gasteiger partial charge in [0.2, 0.25) is 15.9 Å². The van der Waals surface area contributed by atoms with Crippen molar-refractivity contribution in [1.82, 2.24) is 4.31 Å². The molecule has 0 saturated carbocycles. The Hall–Kier alpha value is -2.39. The topological polar surface area (TPSA) is 66.5 Å². The quantitative estimate of drug-likeness (QED) is 0.858. The highest BCUT2D eigenvalue weighted by molar-refractivity contribution is 7.88. The van der Waals surface area contributed by atoms with E-state index in [1.165, 1.54) is 7.05 Å². The Balaban J connectivity index is 2.30. The van der Waals surface area contributed by atoms with Crippen molar-refractivity contribution in [3.8, 4) is 0 Å². The Morgan fingerprint density at radius 3 is 2.04 bits per heavy atom. The summed E-state index contributed by atoms with van der Waals surface area (Å²) in [6, 6.07) is 11.0. The van der Waals surface area contributed by atoms with Gasteiger partial charge in [0.15, 0.2) is 0 Å². The Bertz CT molecular complexity index is 866. The number of carbonyl (C=O) groups is 1. The summed E-state index contributed by atoms with van der Waals surface area (Å²) in [6.07, 6.45) is -3.51. The molecule has 26 heavy (non-hydrogen) atoms. The molecule has 9 heteroatoms. The van der Waals surface area contributed by atoms with Crippen LogP contribution in [0.15, 0.2) is 54.6 Å². The van der Waals surface area contributed by atoms with Gasteiger partial charge in [0.1, 0.15) is 6.04 Å². The molecule has 0 aliphatic rings. The molecule has 1 N–H and O–H groups in total. The molecule has 0 heterocycles. The number of nitrogens with one attached hydrogen (secondary N) is 1. The lowest BCUT2D eigenvalue weighted by Gasteiger charge is -2.25. The van der Waals surface area contributed by atoms with Crippen LogP contribution in [-0.2, 0) is 21.0 Å². The van der Waals surface area contributed by atoms with Crippen molar-refractivity contribution in [3.05, 3.63) is 65.7 Å². The van der Waals surface area contributed by atoms with Crippen LogP contribution < -0.4 is 5.32 Å². The molecule has 0 spiro atoms. The van der Waals surface area contributed by atoms with Gasteiger partial charge in [-0.05, 0) is 29.8 Å². The lowest BCUT2D eigenvalue weighted by Crippen LogP contribution is -2.38. The molecule has 0 aromatic heterocycles. The Morgan fingerprint density at radius 1 is 1.04 bits per heavy atom. The number of alkyl halides is 3. The average Bonchev–Trinajstić information content (AvgIpc) is 2.55. The van der Waals surface area contributed by atoms with Crippen LogP contribution in [0.5, 0.6) is 0 Å². The molecule has 2 aromatic carbocycles. The zero-order valence-corrected chi connectivity index (χ0v) is 14.8. The minimum absolute atomic E-state index is 0.130. The van der Waals surface area contributed by atoms with Crippen LogP contribution >= 0.6 is 0 Å². The van der Waals surface area contributed by atoms with Gasteiger partial charge in [0, 0.05) is 12.7 Å². The second kappa shape index (κ2) is 7.46. The second-order valence-electron chi connectivity index (χ2n) is 5.66. The number of sulfonamides is 1. The highest BCUT2D eigenvalue weighted by atomic mass is 32.2. The fourth-order valence-corrected chi connectivity index (χ4v) is 2.91. The summed E-state index contributed by atoms with van der Waals surface area (Å²) in [5, 5.41) is 2.46. The monoisotopic (exact) mass is 386 g/mol. The minimum atomic E-state index is -4.48. The van der Waals surface area contributed by atoms with Crippen LogP contribution in [0.3, 0.4) is 0 Å². The van der Waals surface area contributed by atoms with Gasteiger partial charge in [-0.15, -0.1) is 0 Å². The number of benzene rings is 2. The maximum absolute atomic E-state index is 12.6. The van der Waals surface area contributed by atoms with Crippen LogP contribution in [0.4, 0.5) is 18.9 Å². The van der Waals surface area contributed by atoms with Crippen molar-refractivity contribution in [3.63, 3.8) is 0 Å². The molecule has 140 valence electrons. The molecule has 0 fully saturated rings. The third kappa shape index (κ3) is 4.83. The number of halogens is 3. The van der Waals surface area contributed by atoms with Crippen molar-refractivity contribution in [1.29, 1.82) is 0 Å². The van der Waals surface area contributed by atoms with Gasteiger partial charge >= 0.3 is 6.18 Å². The molecule has 1 atom stereocenters. The highest BCUT2D eigenvalue weighted by Gasteiger charge is 2.32. The molecule has 2 aromatic rings. The summed E-state index contributed by atoms with van der Waals surface area (Å²) < 4.78 is 62.5. The van der Waals surface area contributed by atoms with Gasteiger partial charge in [0.05, 0.1) is 11.8 Å². The summed E-state index contributed by atoms with van der Waals surface area (Å²) in [5.41, 5.74) is -0.279. The van der Waals surface area contributed by atoms with Gasteiger partial charge in [-0.1, -0.05) is 30.3 Å². The van der Waals surface area contributed by atoms with Crippen molar-refractivity contribution in [2.24, 2.45) is 0 Å². The average molecular weight is 386 g/mol. The fraction of sp³-hybridized carbons (Fsp3) is 0.235. The summed E-state index contributed by atoms with van der Waals surface area (Å²) in [4.78, 5) is 12.6. The largest absolute Gasteiger partial charge is 0.416 e. The van der Waals surface area contributed by atoms with E-state index in [4.69, 9.17) is 0 Å². The summed E-state index contributed by atoms with van der Waals surface area (Å²) >= 11 is 0. The molecule has 0 aliphatic heterocycles. The maximum Gasteiger partial charge on any atom is 0.416 e. The Morgan fingerprint density at radius 2 is 1.58 bits per heavy atom. The van der Waals surface area contributed by atoms with Gasteiger partial charge in [-0.25, -0.2) is 8.42 Å². The third-order valence-electron chi connectivity index (χ3n) is 3.73. The standard InChI is InChI=1S/C17H17F3N2O3S/c1-22(26(2,24)25)15(12-6-4-3-5-7-12)16(23)21-14-10-8-13(9-11-14)17(18,19)20/h3-11,15H,1-2H3,(H,21,23). The van der Waals surface area contributed by atoms with Crippen LogP contribution in [0, 0.1) is 0 Å². The lowest BCUT2D eigenvalue weighted by atomic mass is 10.1. The summed E-state index contributed by atoms with van der Waals surface area (Å²) in [7, 11) is -2.43. The number of carbonyl (C=O) groups excluding carboxylic acids is 1. The van der Waals surface area contributed by atoms with E-state index in [1.54, 1.807) is 30.3 Å². The van der Waals surface area contributed by atoms with Gasteiger partial charge < -0.3 is 5.32 Å². The number of hydrogen-bond acceptors (Lipinski definition) is 3. The van der Waals surface area contributed by atoms with Gasteiger partial charge in [0.25, 0.3) is 0 Å². The first-order valence-electron chi connectivity index (χ1n) is 7.46. The first-order valence-corrected chi connectivity index (χ1v) is 9.31. The molecule has 0 saturated heterocycles. The summed E-state index contributed by atoms with van der Waals surface area (Å²) in [5.74, 6) is -0.677. The van der Waals surface area contributed by atoms with Crippen molar-refractivity contribution < 1.29 is 26.4 Å². The van der Waals surface area contributed by atoms with Crippen molar-refractivity contribution in [2.75, 3.05) is 18.6 Å². The zero-order valence-electron chi connectivity index (χ0n) is 14.0. The first kappa shape index (κ1) is 19.9. The first-order chi connectivity index (χ1) is 12.0. The SMILES string of the molecule is CN(C(C(=O)Nc1ccc(C(F)(F)F)cc1)c1ccccc1)S(C)(=O)=O. The molecular formula is C17H17F3N2O3S. The number of anilines is 1. The Kier molecular flexibility index (Phi) is 5.72. The predicted octanol–water partition coefficient (Wildman–Crippen LogP) is 3.28. The van der Waals surface area contributed by atoms with Crippen molar-refractivity contribution in [2.45, 2.75) is 12.2 Å². The zero-order chi connectivity index (χ0) is 19.5. The molecular weight excluding hydrogens is 369 g/mol. The highest BCUT2D eigenvalue weighted by Crippen LogP contribution is 2.30. The smallest absolute Gasteiger partial charge is 0.324 e. The van der Waals surface area contributed by atoms with E-state index in [0.717, 1.165) is 34.8 Å². The number of hydrogen-bond donors (Lipinski definition) is 1. The minimum Gasteiger partial charge on any atom is -0.324 e. The third-order valence-corrected chi connectivity index (χ3v) is 4.99. The predicted molar refractivity (Wildman–Crippen MR) is 91.9 cm³/mol. The number of likely N-dealkylation sites (N-methyl/N-ethyl adjacent to an activating group) is 1. The molecule has 0 aliphatic carbocycles. The van der Waals surface area contributed by atoms with E-state index in [0.29, 0.717) is 5.56 Å². The van der Waals surface area contributed by atoms with E-state index < -0.39 is 33.7 Å². The van der Waals surface area contributed by atoms with Crippen LogP contribution in [0.1, 0.15) is 17.2 Å². The van der Waals surface area contributed by atoms with E-state index in [9.17, 15) is 26.4 Å². The maximum atomic E-state index is 12.6. The molecule has 2 rings (SSSR count). The van der Waals surface area contributed by atoms with E-state index in [2.05, 4.69) is 5.32 Å². The van der Waals surface area contributed by atoms with Crippen LogP contribution in [0.25, 0.3) is 0 Å².